The van der Waals surface area contributed by atoms with Gasteiger partial charge in [0.1, 0.15) is 0 Å². The molecule has 1 heterocycles. The normalized spacial score (nSPS) is 24.9. The van der Waals surface area contributed by atoms with Gasteiger partial charge in [-0.2, -0.15) is 0 Å². The van der Waals surface area contributed by atoms with Crippen molar-refractivity contribution in [3.05, 3.63) is 131 Å². The second-order valence-electron chi connectivity index (χ2n) is 9.75. The van der Waals surface area contributed by atoms with Crippen LogP contribution in [0, 0.1) is 11.8 Å². The number of anilines is 2. The number of hydrogen-bond donors (Lipinski definition) is 1. The van der Waals surface area contributed by atoms with Crippen LogP contribution in [0.4, 0.5) is 11.4 Å². The number of rotatable bonds is 3. The number of alkyl halides is 1. The average Bonchev–Trinajstić information content (AvgIpc) is 3.20. The molecule has 0 aromatic heterocycles. The van der Waals surface area contributed by atoms with Gasteiger partial charge < -0.3 is 5.32 Å². The van der Waals surface area contributed by atoms with Gasteiger partial charge in [0, 0.05) is 17.2 Å². The second kappa shape index (κ2) is 7.98. The maximum absolute atomic E-state index is 14.1. The predicted molar refractivity (Wildman–Crippen MR) is 145 cm³/mol. The van der Waals surface area contributed by atoms with Crippen molar-refractivity contribution in [2.45, 2.75) is 10.2 Å². The minimum Gasteiger partial charge on any atom is -0.322 e. The molecule has 1 fully saturated rings. The number of para-hydroxylation sites is 1. The van der Waals surface area contributed by atoms with Crippen LogP contribution in [0.25, 0.3) is 0 Å². The number of hydrogen-bond acceptors (Lipinski definition) is 3. The minimum atomic E-state index is -0.802. The lowest BCUT2D eigenvalue weighted by molar-refractivity contribution is -0.122. The molecule has 0 radical (unpaired) electrons. The summed E-state index contributed by atoms with van der Waals surface area (Å²) >= 11 is 4.02. The van der Waals surface area contributed by atoms with E-state index in [0.717, 1.165) is 22.3 Å². The molecule has 5 nitrogen and oxygen atoms in total. The summed E-state index contributed by atoms with van der Waals surface area (Å²) in [5.41, 5.74) is 5.70. The SMILES string of the molecule is O=C(Nc1ccccc1)c1cccc(N2C(=O)[C@@H]3[C@@H](C2=O)C2c4ccccc4C3(Br)c3ccccc32)c1. The van der Waals surface area contributed by atoms with Crippen molar-refractivity contribution in [2.75, 3.05) is 10.2 Å². The van der Waals surface area contributed by atoms with E-state index in [1.165, 1.54) is 4.90 Å². The van der Waals surface area contributed by atoms with Gasteiger partial charge in [-0.25, -0.2) is 4.90 Å². The van der Waals surface area contributed by atoms with Crippen LogP contribution in [-0.2, 0) is 13.9 Å². The first-order chi connectivity index (χ1) is 18.0. The standard InChI is InChI=1S/C31H21BrN2O3/c32-31-23-15-6-4-13-21(23)25(22-14-5-7-16-24(22)31)26-27(31)30(37)34(29(26)36)20-12-8-9-18(17-20)28(35)33-19-10-2-1-3-11-19/h1-17,25-27H,(H,33,35)/t25?,26-,27-,31?/m0/s1. The quantitative estimate of drug-likeness (QED) is 0.258. The first kappa shape index (κ1) is 22.2. The Balaban J connectivity index is 1.31. The van der Waals surface area contributed by atoms with Gasteiger partial charge >= 0.3 is 0 Å². The molecule has 4 aromatic rings. The summed E-state index contributed by atoms with van der Waals surface area (Å²) in [5.74, 6) is -2.10. The van der Waals surface area contributed by atoms with Crippen molar-refractivity contribution in [3.8, 4) is 0 Å². The lowest BCUT2D eigenvalue weighted by atomic mass is 9.55. The van der Waals surface area contributed by atoms with Crippen LogP contribution >= 0.6 is 15.9 Å². The molecular formula is C31H21BrN2O3. The lowest BCUT2D eigenvalue weighted by Crippen LogP contribution is -2.50. The number of halogens is 1. The Kier molecular flexibility index (Phi) is 4.79. The zero-order valence-corrected chi connectivity index (χ0v) is 21.2. The number of amides is 3. The molecule has 3 aliphatic carbocycles. The van der Waals surface area contributed by atoms with Gasteiger partial charge in [0.15, 0.2) is 0 Å². The largest absolute Gasteiger partial charge is 0.322 e. The van der Waals surface area contributed by atoms with Crippen molar-refractivity contribution >= 4 is 45.0 Å². The smallest absolute Gasteiger partial charge is 0.255 e. The summed E-state index contributed by atoms with van der Waals surface area (Å²) < 4.78 is -0.802. The highest BCUT2D eigenvalue weighted by atomic mass is 79.9. The van der Waals surface area contributed by atoms with E-state index in [1.807, 2.05) is 42.5 Å². The number of nitrogens with one attached hydrogen (secondary N) is 1. The molecular weight excluding hydrogens is 528 g/mol. The summed E-state index contributed by atoms with van der Waals surface area (Å²) in [6.45, 7) is 0. The molecule has 4 aromatic carbocycles. The van der Waals surface area contributed by atoms with Gasteiger partial charge in [0.25, 0.3) is 5.91 Å². The summed E-state index contributed by atoms with van der Waals surface area (Å²) in [6, 6.07) is 32.1. The van der Waals surface area contributed by atoms with E-state index < -0.39 is 16.2 Å². The second-order valence-corrected chi connectivity index (χ2v) is 11.0. The van der Waals surface area contributed by atoms with E-state index in [-0.39, 0.29) is 23.6 Å². The fourth-order valence-corrected chi connectivity index (χ4v) is 7.65. The fraction of sp³-hybridized carbons (Fsp3) is 0.129. The fourth-order valence-electron chi connectivity index (χ4n) is 6.44. The third-order valence-corrected chi connectivity index (χ3v) is 9.26. The molecule has 1 saturated heterocycles. The number of benzene rings is 4. The van der Waals surface area contributed by atoms with Crippen molar-refractivity contribution < 1.29 is 14.4 Å². The molecule has 0 unspecified atom stereocenters. The van der Waals surface area contributed by atoms with Crippen molar-refractivity contribution in [1.82, 2.24) is 0 Å². The summed E-state index contributed by atoms with van der Waals surface area (Å²) in [4.78, 5) is 42.4. The predicted octanol–water partition coefficient (Wildman–Crippen LogP) is 5.84. The average molecular weight is 549 g/mol. The highest BCUT2D eigenvalue weighted by Crippen LogP contribution is 2.66. The van der Waals surface area contributed by atoms with Gasteiger partial charge in [-0.05, 0) is 52.6 Å². The van der Waals surface area contributed by atoms with E-state index in [9.17, 15) is 14.4 Å². The number of carbonyl (C=O) groups excluding carboxylic acids is 3. The van der Waals surface area contributed by atoms with E-state index in [1.54, 1.807) is 36.4 Å². The molecule has 0 spiro atoms. The van der Waals surface area contributed by atoms with Crippen LogP contribution in [0.15, 0.2) is 103 Å². The topological polar surface area (TPSA) is 66.5 Å². The highest BCUT2D eigenvalue weighted by molar-refractivity contribution is 9.09. The van der Waals surface area contributed by atoms with Crippen molar-refractivity contribution in [3.63, 3.8) is 0 Å². The molecule has 37 heavy (non-hydrogen) atoms. The van der Waals surface area contributed by atoms with Crippen molar-refractivity contribution in [1.29, 1.82) is 0 Å². The van der Waals surface area contributed by atoms with Gasteiger partial charge in [-0.1, -0.05) is 88.7 Å². The molecule has 8 rings (SSSR count). The number of nitrogens with zero attached hydrogens (tertiary/aromatic N) is 1. The molecule has 4 aliphatic rings. The lowest BCUT2D eigenvalue weighted by Gasteiger charge is -2.51. The Hall–Kier alpha value is -4.03. The maximum Gasteiger partial charge on any atom is 0.255 e. The molecule has 6 heteroatoms. The van der Waals surface area contributed by atoms with E-state index in [0.29, 0.717) is 16.9 Å². The van der Waals surface area contributed by atoms with Crippen molar-refractivity contribution in [2.24, 2.45) is 11.8 Å². The molecule has 1 aliphatic heterocycles. The van der Waals surface area contributed by atoms with Gasteiger partial charge in [-0.15, -0.1) is 0 Å². The van der Waals surface area contributed by atoms with E-state index in [2.05, 4.69) is 45.5 Å². The summed E-state index contributed by atoms with van der Waals surface area (Å²) in [5, 5.41) is 2.87. The van der Waals surface area contributed by atoms with Gasteiger partial charge in [-0.3, -0.25) is 14.4 Å². The van der Waals surface area contributed by atoms with Crippen LogP contribution in [-0.4, -0.2) is 17.7 Å². The maximum atomic E-state index is 14.1. The molecule has 180 valence electrons. The zero-order valence-electron chi connectivity index (χ0n) is 19.6. The molecule has 0 saturated carbocycles. The van der Waals surface area contributed by atoms with Gasteiger partial charge in [0.2, 0.25) is 11.8 Å². The highest BCUT2D eigenvalue weighted by Gasteiger charge is 2.67. The molecule has 1 N–H and O–H groups in total. The summed E-state index contributed by atoms with van der Waals surface area (Å²) in [7, 11) is 0. The zero-order chi connectivity index (χ0) is 25.3. The van der Waals surface area contributed by atoms with Gasteiger partial charge in [0.05, 0.1) is 21.8 Å². The van der Waals surface area contributed by atoms with Crippen LogP contribution in [0.5, 0.6) is 0 Å². The Morgan fingerprint density at radius 2 is 1.38 bits per heavy atom. The molecule has 3 amide bonds. The third-order valence-electron chi connectivity index (χ3n) is 7.91. The Labute approximate surface area is 222 Å². The van der Waals surface area contributed by atoms with E-state index in [4.69, 9.17) is 0 Å². The molecule has 2 atom stereocenters. The minimum absolute atomic E-state index is 0.206. The van der Waals surface area contributed by atoms with Crippen LogP contribution in [0.3, 0.4) is 0 Å². The first-order valence-corrected chi connectivity index (χ1v) is 13.0. The Bertz CT molecular complexity index is 1570. The van der Waals surface area contributed by atoms with Crippen LogP contribution in [0.2, 0.25) is 0 Å². The number of carbonyl (C=O) groups is 3. The third kappa shape index (κ3) is 2.99. The van der Waals surface area contributed by atoms with Crippen LogP contribution in [0.1, 0.15) is 38.5 Å². The summed E-state index contributed by atoms with van der Waals surface area (Å²) in [6.07, 6.45) is 0. The van der Waals surface area contributed by atoms with E-state index >= 15 is 0 Å². The first-order valence-electron chi connectivity index (χ1n) is 12.2. The Morgan fingerprint density at radius 3 is 2.05 bits per heavy atom. The molecule has 2 bridgehead atoms. The van der Waals surface area contributed by atoms with Crippen LogP contribution < -0.4 is 10.2 Å². The Morgan fingerprint density at radius 1 is 0.757 bits per heavy atom. The monoisotopic (exact) mass is 548 g/mol. The number of imide groups is 1.